The van der Waals surface area contributed by atoms with E-state index in [-0.39, 0.29) is 31.1 Å². The topological polar surface area (TPSA) is 78.9 Å². The van der Waals surface area contributed by atoms with Crippen LogP contribution in [-0.2, 0) is 28.6 Å². The Morgan fingerprint density at radius 1 is 0.250 bits per heavy atom. The van der Waals surface area contributed by atoms with Crippen molar-refractivity contribution in [3.8, 4) is 0 Å². The number of allylic oxidation sites excluding steroid dienone is 2. The van der Waals surface area contributed by atoms with E-state index in [1.165, 1.54) is 302 Å². The fourth-order valence-corrected chi connectivity index (χ4v) is 10.8. The second-order valence-electron chi connectivity index (χ2n) is 23.8. The highest BCUT2D eigenvalue weighted by Gasteiger charge is 2.19. The van der Waals surface area contributed by atoms with Crippen molar-refractivity contribution in [2.45, 2.75) is 406 Å². The molecule has 1 atom stereocenters. The Morgan fingerprint density at radius 2 is 0.434 bits per heavy atom. The van der Waals surface area contributed by atoms with Crippen LogP contribution in [0, 0.1) is 0 Å². The molecule has 450 valence electrons. The maximum absolute atomic E-state index is 12.9. The lowest BCUT2D eigenvalue weighted by Gasteiger charge is -2.18. The van der Waals surface area contributed by atoms with Crippen LogP contribution >= 0.6 is 0 Å². The molecule has 6 heteroatoms. The standard InChI is InChI=1S/C70H134O6/c1-4-7-10-13-16-19-22-25-27-28-29-30-31-32-33-34-35-36-37-38-39-40-41-42-43-46-48-51-54-57-60-63-69(72)75-66-67(65-74-68(71)62-59-56-53-50-47-44-24-21-18-15-12-9-6-3)76-70(73)64-61-58-55-52-49-45-26-23-20-17-14-11-8-5-2/h28-29,67H,4-27,30-66H2,1-3H3/b29-28-. The monoisotopic (exact) mass is 1070 g/mol. The molecule has 0 aliphatic carbocycles. The van der Waals surface area contributed by atoms with Crippen molar-refractivity contribution < 1.29 is 28.6 Å². The summed E-state index contributed by atoms with van der Waals surface area (Å²) >= 11 is 0. The Morgan fingerprint density at radius 3 is 0.658 bits per heavy atom. The molecule has 0 aliphatic heterocycles. The van der Waals surface area contributed by atoms with Crippen molar-refractivity contribution in [2.75, 3.05) is 13.2 Å². The first-order valence-electron chi connectivity index (χ1n) is 34.7. The van der Waals surface area contributed by atoms with Crippen LogP contribution in [0.2, 0.25) is 0 Å². The molecule has 0 aromatic heterocycles. The summed E-state index contributed by atoms with van der Waals surface area (Å²) in [4.78, 5) is 38.3. The van der Waals surface area contributed by atoms with Crippen molar-refractivity contribution in [3.05, 3.63) is 12.2 Å². The summed E-state index contributed by atoms with van der Waals surface area (Å²) in [5.41, 5.74) is 0. The highest BCUT2D eigenvalue weighted by molar-refractivity contribution is 5.71. The number of ether oxygens (including phenoxy) is 3. The fraction of sp³-hybridized carbons (Fsp3) is 0.929. The van der Waals surface area contributed by atoms with Gasteiger partial charge in [-0.1, -0.05) is 348 Å². The summed E-state index contributed by atoms with van der Waals surface area (Å²) in [5, 5.41) is 0. The third-order valence-corrected chi connectivity index (χ3v) is 16.0. The zero-order valence-corrected chi connectivity index (χ0v) is 51.8. The zero-order chi connectivity index (χ0) is 55.0. The van der Waals surface area contributed by atoms with Crippen LogP contribution in [0.25, 0.3) is 0 Å². The highest BCUT2D eigenvalue weighted by atomic mass is 16.6. The number of hydrogen-bond acceptors (Lipinski definition) is 6. The molecule has 6 nitrogen and oxygen atoms in total. The van der Waals surface area contributed by atoms with Gasteiger partial charge in [0, 0.05) is 19.3 Å². The summed E-state index contributed by atoms with van der Waals surface area (Å²) in [6.07, 6.45) is 78.2. The van der Waals surface area contributed by atoms with Gasteiger partial charge in [-0.25, -0.2) is 0 Å². The highest BCUT2D eigenvalue weighted by Crippen LogP contribution is 2.19. The molecule has 0 heterocycles. The molecule has 0 amide bonds. The van der Waals surface area contributed by atoms with Crippen LogP contribution in [0.3, 0.4) is 0 Å². The maximum Gasteiger partial charge on any atom is 0.306 e. The fourth-order valence-electron chi connectivity index (χ4n) is 10.8. The van der Waals surface area contributed by atoms with Crippen LogP contribution in [0.1, 0.15) is 400 Å². The molecule has 0 spiro atoms. The number of hydrogen-bond donors (Lipinski definition) is 0. The van der Waals surface area contributed by atoms with E-state index < -0.39 is 6.10 Å². The van der Waals surface area contributed by atoms with Crippen molar-refractivity contribution in [2.24, 2.45) is 0 Å². The summed E-state index contributed by atoms with van der Waals surface area (Å²) in [6, 6.07) is 0. The SMILES string of the molecule is CCCCCCCCCC/C=C\CCCCCCCCCCCCCCCCCCCCCC(=O)OCC(COC(=O)CCCCCCCCCCCCCCC)OC(=O)CCCCCCCCCCCCCCCC. The van der Waals surface area contributed by atoms with Crippen molar-refractivity contribution in [3.63, 3.8) is 0 Å². The molecule has 0 radical (unpaired) electrons. The minimum Gasteiger partial charge on any atom is -0.462 e. The Hall–Kier alpha value is -1.85. The van der Waals surface area contributed by atoms with Gasteiger partial charge in [-0.2, -0.15) is 0 Å². The second-order valence-corrected chi connectivity index (χ2v) is 23.8. The van der Waals surface area contributed by atoms with Crippen LogP contribution < -0.4 is 0 Å². The summed E-state index contributed by atoms with van der Waals surface area (Å²) in [6.45, 7) is 6.72. The van der Waals surface area contributed by atoms with Gasteiger partial charge < -0.3 is 14.2 Å². The molecule has 0 aromatic rings. The number of rotatable bonds is 65. The van der Waals surface area contributed by atoms with E-state index in [0.29, 0.717) is 19.3 Å². The van der Waals surface area contributed by atoms with Crippen molar-refractivity contribution in [1.82, 2.24) is 0 Å². The molecular formula is C70H134O6. The van der Waals surface area contributed by atoms with Gasteiger partial charge in [0.15, 0.2) is 6.10 Å². The second kappa shape index (κ2) is 65.7. The van der Waals surface area contributed by atoms with Crippen LogP contribution in [-0.4, -0.2) is 37.2 Å². The lowest BCUT2D eigenvalue weighted by Crippen LogP contribution is -2.30. The van der Waals surface area contributed by atoms with Gasteiger partial charge >= 0.3 is 17.9 Å². The Bertz CT molecular complexity index is 1180. The van der Waals surface area contributed by atoms with Gasteiger partial charge in [-0.3, -0.25) is 14.4 Å². The van der Waals surface area contributed by atoms with E-state index in [9.17, 15) is 14.4 Å². The van der Waals surface area contributed by atoms with Gasteiger partial charge in [0.05, 0.1) is 0 Å². The molecule has 1 unspecified atom stereocenters. The van der Waals surface area contributed by atoms with Crippen LogP contribution in [0.15, 0.2) is 12.2 Å². The average molecular weight is 1070 g/mol. The Balaban J connectivity index is 4.07. The first-order chi connectivity index (χ1) is 37.5. The van der Waals surface area contributed by atoms with E-state index >= 15 is 0 Å². The smallest absolute Gasteiger partial charge is 0.306 e. The van der Waals surface area contributed by atoms with Crippen molar-refractivity contribution in [1.29, 1.82) is 0 Å². The molecule has 76 heavy (non-hydrogen) atoms. The van der Waals surface area contributed by atoms with Crippen molar-refractivity contribution >= 4 is 17.9 Å². The summed E-state index contributed by atoms with van der Waals surface area (Å²) in [5.74, 6) is -0.829. The molecular weight excluding hydrogens is 937 g/mol. The first kappa shape index (κ1) is 74.2. The average Bonchev–Trinajstić information content (AvgIpc) is 3.42. The molecule has 0 fully saturated rings. The molecule has 0 aromatic carbocycles. The zero-order valence-electron chi connectivity index (χ0n) is 51.8. The quantitative estimate of drug-likeness (QED) is 0.0261. The minimum atomic E-state index is -0.763. The number of esters is 3. The van der Waals surface area contributed by atoms with Gasteiger partial charge in [-0.15, -0.1) is 0 Å². The van der Waals surface area contributed by atoms with Gasteiger partial charge in [0.2, 0.25) is 0 Å². The molecule has 0 saturated carbocycles. The molecule has 0 bridgehead atoms. The molecule has 0 saturated heterocycles. The van der Waals surface area contributed by atoms with Gasteiger partial charge in [-0.05, 0) is 44.9 Å². The summed E-state index contributed by atoms with van der Waals surface area (Å²) < 4.78 is 17.0. The predicted molar refractivity (Wildman–Crippen MR) is 330 cm³/mol. The maximum atomic E-state index is 12.9. The minimum absolute atomic E-state index is 0.0621. The summed E-state index contributed by atoms with van der Waals surface area (Å²) in [7, 11) is 0. The van der Waals surface area contributed by atoms with E-state index in [1.54, 1.807) is 0 Å². The predicted octanol–water partition coefficient (Wildman–Crippen LogP) is 23.6. The van der Waals surface area contributed by atoms with E-state index in [2.05, 4.69) is 32.9 Å². The largest absolute Gasteiger partial charge is 0.462 e. The van der Waals surface area contributed by atoms with Gasteiger partial charge in [0.25, 0.3) is 0 Å². The van der Waals surface area contributed by atoms with Crippen LogP contribution in [0.4, 0.5) is 0 Å². The molecule has 0 N–H and O–H groups in total. The number of unbranched alkanes of at least 4 members (excludes halogenated alkanes) is 52. The third-order valence-electron chi connectivity index (χ3n) is 16.0. The molecule has 0 rings (SSSR count). The first-order valence-corrected chi connectivity index (χ1v) is 34.7. The third kappa shape index (κ3) is 63.0. The Labute approximate surface area is 475 Å². The van der Waals surface area contributed by atoms with E-state index in [1.807, 2.05) is 0 Å². The normalized spacial score (nSPS) is 12.0. The Kier molecular flexibility index (Phi) is 64.1. The van der Waals surface area contributed by atoms with E-state index in [0.717, 1.165) is 57.8 Å². The van der Waals surface area contributed by atoms with Gasteiger partial charge in [0.1, 0.15) is 13.2 Å². The lowest BCUT2D eigenvalue weighted by molar-refractivity contribution is -0.167. The number of carbonyl (C=O) groups is 3. The lowest BCUT2D eigenvalue weighted by atomic mass is 10.0. The van der Waals surface area contributed by atoms with E-state index in [4.69, 9.17) is 14.2 Å². The van der Waals surface area contributed by atoms with Crippen LogP contribution in [0.5, 0.6) is 0 Å². The molecule has 0 aliphatic rings. The number of carbonyl (C=O) groups excluding carboxylic acids is 3.